The summed E-state index contributed by atoms with van der Waals surface area (Å²) in [4.78, 5) is 122. The number of nitrogens with one attached hydrogen (secondary N) is 7. The zero-order valence-corrected chi connectivity index (χ0v) is 56.9. The molecule has 0 bridgehead atoms. The molecule has 2 aliphatic heterocycles. The second kappa shape index (κ2) is 41.7. The molecule has 7 amide bonds. The fourth-order valence-corrected chi connectivity index (χ4v) is 12.0. The number of halogens is 1. The van der Waals surface area contributed by atoms with Crippen LogP contribution in [0, 0.1) is 18.7 Å². The fourth-order valence-electron chi connectivity index (χ4n) is 12.0. The van der Waals surface area contributed by atoms with E-state index in [-0.39, 0.29) is 69.8 Å². The average molecular weight is 1400 g/mol. The summed E-state index contributed by atoms with van der Waals surface area (Å²) in [5.74, 6) is -5.79. The summed E-state index contributed by atoms with van der Waals surface area (Å²) in [6.07, 6.45) is 4.40. The lowest BCUT2D eigenvalue weighted by atomic mass is 9.81. The number of esters is 1. The van der Waals surface area contributed by atoms with Gasteiger partial charge in [-0.1, -0.05) is 56.5 Å². The van der Waals surface area contributed by atoms with Crippen molar-refractivity contribution in [2.75, 3.05) is 152 Å². The van der Waals surface area contributed by atoms with Crippen LogP contribution in [-0.2, 0) is 116 Å². The minimum atomic E-state index is -2.09. The number of pyridine rings is 2. The third-order valence-corrected chi connectivity index (χ3v) is 17.2. The number of aromatic nitrogens is 2. The van der Waals surface area contributed by atoms with Crippen molar-refractivity contribution in [3.05, 3.63) is 97.6 Å². The number of aliphatic hydroxyl groups is 1. The van der Waals surface area contributed by atoms with Gasteiger partial charge in [-0.05, 0) is 72.9 Å². The number of fused-ring (bicyclic) bond motifs is 5. The van der Waals surface area contributed by atoms with Crippen LogP contribution in [0.4, 0.5) is 4.39 Å². The molecule has 0 spiro atoms. The van der Waals surface area contributed by atoms with Gasteiger partial charge in [0.1, 0.15) is 31.8 Å². The topological polar surface area (TPSA) is 377 Å². The second-order valence-electron chi connectivity index (χ2n) is 24.2. The minimum absolute atomic E-state index is 0.00198. The molecule has 0 saturated heterocycles. The Bertz CT molecular complexity index is 3450. The van der Waals surface area contributed by atoms with Crippen LogP contribution in [0.25, 0.3) is 22.3 Å². The summed E-state index contributed by atoms with van der Waals surface area (Å²) in [7, 11) is 0. The lowest BCUT2D eigenvalue weighted by Crippen LogP contribution is -2.52. The zero-order valence-electron chi connectivity index (χ0n) is 56.9. The van der Waals surface area contributed by atoms with Gasteiger partial charge in [0.15, 0.2) is 0 Å². The number of rotatable bonds is 46. The molecule has 31 heteroatoms. The number of aryl methyl sites for hydroxylation is 1. The SMILES string of the molecule is CC[C@H]1C(=O)OCc2c1cc1n(c2=O)Cc2c-1nc1cc(F)c(C)c3c1c2[C@@H](NC(=O)[C@@H](O)OCNC(=O)CNC(=O)[C@H](Cc1ccccc1)NC(=O)CNC(=O)CNC(=O)COCCOCCOCCOCCOCCOCCOCCOCCOCCNC(=O)C1CCCCC1)CC3. The highest BCUT2D eigenvalue weighted by molar-refractivity contribution is 5.95. The Balaban J connectivity index is 0.620. The lowest BCUT2D eigenvalue weighted by Gasteiger charge is -2.30. The lowest BCUT2D eigenvalue weighted by molar-refractivity contribution is -0.162. The van der Waals surface area contributed by atoms with Crippen molar-refractivity contribution in [1.82, 2.24) is 46.8 Å². The van der Waals surface area contributed by atoms with Gasteiger partial charge in [-0.2, -0.15) is 0 Å². The average Bonchev–Trinajstić information content (AvgIpc) is 1.51. The predicted octanol–water partition coefficient (Wildman–Crippen LogP) is 0.857. The number of ether oxygens (including phenoxy) is 11. The van der Waals surface area contributed by atoms with Crippen molar-refractivity contribution >= 4 is 58.2 Å². The molecule has 30 nitrogen and oxygen atoms in total. The molecule has 548 valence electrons. The van der Waals surface area contributed by atoms with Crippen LogP contribution in [0.15, 0.2) is 47.3 Å². The standard InChI is InChI=1S/C69H94FN9O21/c1-3-47-49-35-56-63-50(40-79(56)67(87)51(49)41-99-68(47)88)62-53(15-14-48-44(2)52(70)36-54(77-63)61(48)62)78-66(86)69(89)100-43-75-58(81)38-74-65(85)55(34-45-10-6-4-7-11-45)76-59(82)39-72-57(80)37-73-60(83)42-98-33-32-97-31-30-96-29-28-95-27-26-94-25-24-93-23-22-92-21-20-91-19-18-90-17-16-71-64(84)46-12-8-5-9-13-46/h4,6-7,10-11,35-36,46-47,53,55,69,89H,3,5,8-9,12-34,37-43H2,1-2H3,(H,71,84)(H,72,80)(H,73,83)(H,74,85)(H,75,81)(H,76,82)(H,78,86)/t47-,53+,55+,69+/m1/s1. The van der Waals surface area contributed by atoms with E-state index in [0.29, 0.717) is 173 Å². The van der Waals surface area contributed by atoms with E-state index in [1.54, 1.807) is 43.3 Å². The van der Waals surface area contributed by atoms with E-state index in [4.69, 9.17) is 57.1 Å². The molecule has 2 aromatic heterocycles. The molecule has 0 unspecified atom stereocenters. The van der Waals surface area contributed by atoms with Gasteiger partial charge in [0.2, 0.25) is 41.7 Å². The number of hydrogen-bond acceptors (Lipinski definition) is 22. The molecule has 0 radical (unpaired) electrons. The molecular weight excluding hydrogens is 1310 g/mol. The van der Waals surface area contributed by atoms with Gasteiger partial charge >= 0.3 is 5.97 Å². The van der Waals surface area contributed by atoms with Gasteiger partial charge in [0.25, 0.3) is 11.5 Å². The molecule has 1 fully saturated rings. The normalized spacial score (nSPS) is 15.9. The highest BCUT2D eigenvalue weighted by Crippen LogP contribution is 2.45. The molecule has 100 heavy (non-hydrogen) atoms. The van der Waals surface area contributed by atoms with Gasteiger partial charge < -0.3 is 99.0 Å². The number of aliphatic hydroxyl groups excluding tert-OH is 1. The Hall–Kier alpha value is -7.95. The number of nitrogens with zero attached hydrogens (tertiary/aromatic N) is 2. The molecule has 8 rings (SSSR count). The van der Waals surface area contributed by atoms with Crippen molar-refractivity contribution in [2.45, 2.75) is 109 Å². The first-order valence-electron chi connectivity index (χ1n) is 34.2. The van der Waals surface area contributed by atoms with Crippen LogP contribution in [0.1, 0.15) is 103 Å². The summed E-state index contributed by atoms with van der Waals surface area (Å²) in [5.41, 5.74) is 4.71. The Morgan fingerprint density at radius 2 is 1.22 bits per heavy atom. The first kappa shape index (κ1) is 77.8. The van der Waals surface area contributed by atoms with E-state index >= 15 is 4.39 Å². The summed E-state index contributed by atoms with van der Waals surface area (Å²) >= 11 is 0. The molecule has 4 aliphatic rings. The first-order chi connectivity index (χ1) is 48.6. The number of carbonyl (C=O) groups is 8. The van der Waals surface area contributed by atoms with Crippen molar-refractivity contribution in [1.29, 1.82) is 0 Å². The van der Waals surface area contributed by atoms with Gasteiger partial charge in [0, 0.05) is 35.9 Å². The first-order valence-corrected chi connectivity index (χ1v) is 34.2. The van der Waals surface area contributed by atoms with Crippen molar-refractivity contribution in [2.24, 2.45) is 5.92 Å². The van der Waals surface area contributed by atoms with E-state index in [1.165, 1.54) is 17.1 Å². The highest BCUT2D eigenvalue weighted by Gasteiger charge is 2.38. The monoisotopic (exact) mass is 1400 g/mol. The van der Waals surface area contributed by atoms with E-state index < -0.39 is 97.9 Å². The van der Waals surface area contributed by atoms with Gasteiger partial charge in [-0.15, -0.1) is 0 Å². The predicted molar refractivity (Wildman–Crippen MR) is 355 cm³/mol. The van der Waals surface area contributed by atoms with Gasteiger partial charge in [-0.25, -0.2) is 9.37 Å². The Labute approximate surface area is 578 Å². The second-order valence-corrected chi connectivity index (χ2v) is 24.2. The highest BCUT2D eigenvalue weighted by atomic mass is 19.1. The van der Waals surface area contributed by atoms with E-state index in [9.17, 15) is 48.3 Å². The fraction of sp³-hybridized carbons (Fsp3) is 0.594. The van der Waals surface area contributed by atoms with Crippen molar-refractivity contribution in [3.63, 3.8) is 0 Å². The van der Waals surface area contributed by atoms with Crippen LogP contribution in [0.2, 0.25) is 0 Å². The third-order valence-electron chi connectivity index (χ3n) is 17.2. The molecule has 2 aromatic carbocycles. The molecule has 8 N–H and O–H groups in total. The number of benzene rings is 2. The number of cyclic esters (lactones) is 1. The molecule has 2 aliphatic carbocycles. The van der Waals surface area contributed by atoms with E-state index in [0.717, 1.165) is 25.7 Å². The van der Waals surface area contributed by atoms with E-state index in [1.807, 2.05) is 6.92 Å². The molecule has 4 atom stereocenters. The van der Waals surface area contributed by atoms with Crippen LogP contribution >= 0.6 is 0 Å². The summed E-state index contributed by atoms with van der Waals surface area (Å²) in [5, 5.41) is 29.4. The third kappa shape index (κ3) is 23.8. The molecule has 4 heterocycles. The van der Waals surface area contributed by atoms with Gasteiger partial charge in [-0.3, -0.25) is 43.2 Å². The smallest absolute Gasteiger partial charge is 0.313 e. The quantitative estimate of drug-likeness (QED) is 0.0152. The van der Waals surface area contributed by atoms with Crippen LogP contribution < -0.4 is 42.8 Å². The minimum Gasteiger partial charge on any atom is -0.460 e. The Kier molecular flexibility index (Phi) is 32.4. The van der Waals surface area contributed by atoms with Gasteiger partial charge in [0.05, 0.1) is 173 Å². The maximum absolute atomic E-state index is 15.4. The van der Waals surface area contributed by atoms with Crippen molar-refractivity contribution in [3.8, 4) is 11.4 Å². The largest absolute Gasteiger partial charge is 0.460 e. The number of amides is 7. The van der Waals surface area contributed by atoms with Crippen LogP contribution in [-0.4, -0.2) is 226 Å². The Morgan fingerprint density at radius 1 is 0.650 bits per heavy atom. The summed E-state index contributed by atoms with van der Waals surface area (Å²) in [6, 6.07) is 9.80. The molecule has 4 aromatic rings. The number of carbonyl (C=O) groups excluding carboxylic acids is 8. The molecule has 1 saturated carbocycles. The summed E-state index contributed by atoms with van der Waals surface area (Å²) in [6.45, 7) is 7.66. The summed E-state index contributed by atoms with van der Waals surface area (Å²) < 4.78 is 76.9. The zero-order chi connectivity index (χ0) is 71.0. The molecular formula is C69H94FN9O21. The van der Waals surface area contributed by atoms with Crippen molar-refractivity contribution < 1.29 is 100.0 Å². The maximum Gasteiger partial charge on any atom is 0.313 e. The van der Waals surface area contributed by atoms with Crippen LogP contribution in [0.5, 0.6) is 0 Å². The number of hydrogen-bond donors (Lipinski definition) is 8. The Morgan fingerprint density at radius 3 is 1.84 bits per heavy atom. The van der Waals surface area contributed by atoms with E-state index in [2.05, 4.69) is 37.2 Å². The maximum atomic E-state index is 15.4. The van der Waals surface area contributed by atoms with Crippen LogP contribution in [0.3, 0.4) is 0 Å².